The maximum atomic E-state index is 12.2. The van der Waals surface area contributed by atoms with Crippen molar-refractivity contribution in [2.45, 2.75) is 57.6 Å². The van der Waals surface area contributed by atoms with Crippen LogP contribution in [0.15, 0.2) is 29.2 Å². The molecule has 0 bridgehead atoms. The third-order valence-electron chi connectivity index (χ3n) is 2.43. The fourth-order valence-corrected chi connectivity index (χ4v) is 2.79. The summed E-state index contributed by atoms with van der Waals surface area (Å²) in [4.78, 5) is 0.926. The van der Waals surface area contributed by atoms with Gasteiger partial charge in [-0.3, -0.25) is 0 Å². The summed E-state index contributed by atoms with van der Waals surface area (Å²) in [6.45, 7) is 12.7. The van der Waals surface area contributed by atoms with Crippen LogP contribution in [0.3, 0.4) is 0 Å². The summed E-state index contributed by atoms with van der Waals surface area (Å²) in [5, 5.41) is 0. The Morgan fingerprint density at radius 2 is 1.41 bits per heavy atom. The van der Waals surface area contributed by atoms with E-state index in [9.17, 15) is 4.55 Å². The highest BCUT2D eigenvalue weighted by Gasteiger charge is 2.27. The highest BCUT2D eigenvalue weighted by Crippen LogP contribution is 2.26. The molecular formula is C15H24OS. The summed E-state index contributed by atoms with van der Waals surface area (Å²) in [5.74, 6) is 0. The summed E-state index contributed by atoms with van der Waals surface area (Å²) in [7, 11) is 0. The second-order valence-corrected chi connectivity index (χ2v) is 9.00. The highest BCUT2D eigenvalue weighted by molar-refractivity contribution is 7.92. The summed E-state index contributed by atoms with van der Waals surface area (Å²) < 4.78 is 12.0. The Labute approximate surface area is 109 Å². The Hall–Kier alpha value is -0.470. The fraction of sp³-hybridized carbons (Fsp3) is 0.600. The first-order chi connectivity index (χ1) is 7.59. The minimum Gasteiger partial charge on any atom is -0.611 e. The third-order valence-corrected chi connectivity index (χ3v) is 4.24. The summed E-state index contributed by atoms with van der Waals surface area (Å²) in [6.07, 6.45) is 1.05. The second-order valence-electron chi connectivity index (χ2n) is 6.76. The van der Waals surface area contributed by atoms with Gasteiger partial charge in [-0.2, -0.15) is 0 Å². The summed E-state index contributed by atoms with van der Waals surface area (Å²) in [5.41, 5.74) is 1.61. The van der Waals surface area contributed by atoms with Crippen LogP contribution in [0.5, 0.6) is 0 Å². The molecular weight excluding hydrogens is 228 g/mol. The van der Waals surface area contributed by atoms with Gasteiger partial charge in [0.2, 0.25) is 0 Å². The van der Waals surface area contributed by atoms with E-state index in [4.69, 9.17) is 0 Å². The van der Waals surface area contributed by atoms with Gasteiger partial charge in [0.05, 0.1) is 0 Å². The first-order valence-corrected chi connectivity index (χ1v) is 7.25. The van der Waals surface area contributed by atoms with Crippen LogP contribution in [0.4, 0.5) is 0 Å². The van der Waals surface area contributed by atoms with Crippen LogP contribution in [0, 0.1) is 5.41 Å². The van der Waals surface area contributed by atoms with Gasteiger partial charge in [-0.15, -0.1) is 0 Å². The molecule has 1 aromatic rings. The first-order valence-electron chi connectivity index (χ1n) is 6.10. The molecule has 0 aliphatic carbocycles. The monoisotopic (exact) mass is 252 g/mol. The Bertz CT molecular complexity index is 354. The number of benzene rings is 1. The minimum atomic E-state index is -0.932. The van der Waals surface area contributed by atoms with E-state index in [-0.39, 0.29) is 4.75 Å². The lowest BCUT2D eigenvalue weighted by Crippen LogP contribution is -2.27. The van der Waals surface area contributed by atoms with Crippen molar-refractivity contribution in [2.24, 2.45) is 5.41 Å². The Kier molecular flexibility index (Phi) is 4.32. The van der Waals surface area contributed by atoms with Crippen molar-refractivity contribution in [3.63, 3.8) is 0 Å². The molecule has 0 fully saturated rings. The molecule has 17 heavy (non-hydrogen) atoms. The van der Waals surface area contributed by atoms with Crippen LogP contribution >= 0.6 is 0 Å². The number of hydrogen-bond acceptors (Lipinski definition) is 1. The largest absolute Gasteiger partial charge is 0.611 e. The summed E-state index contributed by atoms with van der Waals surface area (Å²) in [6, 6.07) is 8.21. The molecule has 1 atom stereocenters. The maximum absolute atomic E-state index is 12.2. The molecule has 1 nitrogen and oxygen atoms in total. The molecule has 1 rings (SSSR count). The lowest BCUT2D eigenvalue weighted by molar-refractivity contribution is 0.411. The number of rotatable bonds is 2. The first kappa shape index (κ1) is 14.6. The van der Waals surface area contributed by atoms with Crippen LogP contribution in [0.2, 0.25) is 0 Å². The van der Waals surface area contributed by atoms with E-state index < -0.39 is 11.2 Å². The van der Waals surface area contributed by atoms with E-state index in [1.165, 1.54) is 5.56 Å². The zero-order chi connectivity index (χ0) is 13.3. The van der Waals surface area contributed by atoms with Gasteiger partial charge in [-0.1, -0.05) is 32.9 Å². The molecule has 0 aromatic heterocycles. The van der Waals surface area contributed by atoms with Gasteiger partial charge in [0.15, 0.2) is 4.90 Å². The van der Waals surface area contributed by atoms with E-state index in [0.717, 1.165) is 11.3 Å². The maximum Gasteiger partial charge on any atom is 0.153 e. The van der Waals surface area contributed by atoms with Crippen molar-refractivity contribution in [2.75, 3.05) is 0 Å². The van der Waals surface area contributed by atoms with E-state index in [1.54, 1.807) is 0 Å². The van der Waals surface area contributed by atoms with Crippen LogP contribution in [-0.2, 0) is 17.6 Å². The molecule has 0 N–H and O–H groups in total. The van der Waals surface area contributed by atoms with Crippen molar-refractivity contribution < 1.29 is 4.55 Å². The van der Waals surface area contributed by atoms with E-state index in [1.807, 2.05) is 32.9 Å². The molecule has 2 heteroatoms. The van der Waals surface area contributed by atoms with Crippen molar-refractivity contribution >= 4 is 11.2 Å². The molecule has 1 aromatic carbocycles. The fourth-order valence-electron chi connectivity index (χ4n) is 1.70. The summed E-state index contributed by atoms with van der Waals surface area (Å²) >= 11 is -0.932. The molecule has 1 unspecified atom stereocenters. The zero-order valence-corrected chi connectivity index (χ0v) is 12.6. The van der Waals surface area contributed by atoms with Crippen molar-refractivity contribution in [1.29, 1.82) is 0 Å². The Morgan fingerprint density at radius 3 is 1.76 bits per heavy atom. The predicted octanol–water partition coefficient (Wildman–Crippen LogP) is 4.18. The molecule has 0 saturated heterocycles. The third kappa shape index (κ3) is 4.72. The van der Waals surface area contributed by atoms with E-state index >= 15 is 0 Å². The molecule has 96 valence electrons. The Morgan fingerprint density at radius 1 is 0.941 bits per heavy atom. The van der Waals surface area contributed by atoms with Gasteiger partial charge in [0.1, 0.15) is 4.75 Å². The highest BCUT2D eigenvalue weighted by atomic mass is 32.2. The lowest BCUT2D eigenvalue weighted by atomic mass is 9.88. The van der Waals surface area contributed by atoms with Crippen LogP contribution in [0.25, 0.3) is 0 Å². The lowest BCUT2D eigenvalue weighted by Gasteiger charge is -2.24. The molecule has 0 radical (unpaired) electrons. The van der Waals surface area contributed by atoms with E-state index in [0.29, 0.717) is 5.41 Å². The van der Waals surface area contributed by atoms with Crippen LogP contribution < -0.4 is 0 Å². The smallest absolute Gasteiger partial charge is 0.153 e. The molecule has 0 amide bonds. The normalized spacial score (nSPS) is 14.8. The van der Waals surface area contributed by atoms with Crippen molar-refractivity contribution in [3.05, 3.63) is 29.8 Å². The standard InChI is InChI=1S/C15H24OS/c1-14(2,3)11-12-7-9-13(10-8-12)17(16)15(4,5)6/h7-10H,11H2,1-6H3. The van der Waals surface area contributed by atoms with Crippen molar-refractivity contribution in [1.82, 2.24) is 0 Å². The molecule has 0 heterocycles. The zero-order valence-electron chi connectivity index (χ0n) is 11.8. The Balaban J connectivity index is 2.82. The van der Waals surface area contributed by atoms with E-state index in [2.05, 4.69) is 32.9 Å². The van der Waals surface area contributed by atoms with Gasteiger partial charge in [0.25, 0.3) is 0 Å². The van der Waals surface area contributed by atoms with Gasteiger partial charge < -0.3 is 4.55 Å². The van der Waals surface area contributed by atoms with Gasteiger partial charge in [0, 0.05) is 0 Å². The van der Waals surface area contributed by atoms with Crippen LogP contribution in [-0.4, -0.2) is 9.30 Å². The molecule has 0 aliphatic rings. The van der Waals surface area contributed by atoms with Crippen LogP contribution in [0.1, 0.15) is 47.1 Å². The predicted molar refractivity (Wildman–Crippen MR) is 75.8 cm³/mol. The SMILES string of the molecule is CC(C)(C)Cc1ccc([S+]([O-])C(C)(C)C)cc1. The molecule has 0 aliphatic heterocycles. The molecule has 0 spiro atoms. The average molecular weight is 252 g/mol. The average Bonchev–Trinajstić information content (AvgIpc) is 2.14. The number of hydrogen-bond donors (Lipinski definition) is 0. The quantitative estimate of drug-likeness (QED) is 0.724. The second kappa shape index (κ2) is 5.03. The van der Waals surface area contributed by atoms with Gasteiger partial charge in [-0.05, 0) is 61.5 Å². The minimum absolute atomic E-state index is 0.189. The van der Waals surface area contributed by atoms with Gasteiger partial charge in [-0.25, -0.2) is 0 Å². The van der Waals surface area contributed by atoms with Crippen molar-refractivity contribution in [3.8, 4) is 0 Å². The topological polar surface area (TPSA) is 23.1 Å². The molecule has 0 saturated carbocycles. The van der Waals surface area contributed by atoms with Gasteiger partial charge >= 0.3 is 0 Å².